The summed E-state index contributed by atoms with van der Waals surface area (Å²) < 4.78 is 38.0. The summed E-state index contributed by atoms with van der Waals surface area (Å²) >= 11 is 0. The third kappa shape index (κ3) is 5.22. The van der Waals surface area contributed by atoms with E-state index in [4.69, 9.17) is 9.47 Å². The molecule has 0 saturated heterocycles. The number of para-hydroxylation sites is 1. The van der Waals surface area contributed by atoms with Gasteiger partial charge in [-0.3, -0.25) is 9.30 Å². The third-order valence-corrected chi connectivity index (χ3v) is 7.07. The third-order valence-electron chi connectivity index (χ3n) is 5.30. The van der Waals surface area contributed by atoms with Crippen molar-refractivity contribution in [2.45, 2.75) is 13.0 Å². The molecule has 31 heavy (non-hydrogen) atoms. The molecule has 0 spiro atoms. The van der Waals surface area contributed by atoms with Crippen LogP contribution < -0.4 is 19.1 Å². The Morgan fingerprint density at radius 3 is 2.68 bits per heavy atom. The van der Waals surface area contributed by atoms with Gasteiger partial charge < -0.3 is 19.7 Å². The standard InChI is InChI=1S/C22H30N4O4S/c1-23-22(25(2)16-18-9-10-19(29-3)15-21(18)30-4)24-12-14-31(27,28)26-13-11-17-7-5-6-8-20(17)26/h5-10,15H,11-14,16H2,1-4H3,(H,23,24). The molecule has 8 nitrogen and oxygen atoms in total. The molecule has 0 radical (unpaired) electrons. The fraction of sp³-hybridized carbons (Fsp3) is 0.409. The lowest BCUT2D eigenvalue weighted by Gasteiger charge is -2.24. The van der Waals surface area contributed by atoms with Crippen LogP contribution in [0.1, 0.15) is 11.1 Å². The van der Waals surface area contributed by atoms with Crippen LogP contribution in [0.2, 0.25) is 0 Å². The highest BCUT2D eigenvalue weighted by Crippen LogP contribution is 2.30. The van der Waals surface area contributed by atoms with Gasteiger partial charge in [-0.1, -0.05) is 18.2 Å². The number of hydrogen-bond acceptors (Lipinski definition) is 5. The van der Waals surface area contributed by atoms with E-state index >= 15 is 0 Å². The zero-order valence-electron chi connectivity index (χ0n) is 18.5. The first-order valence-electron chi connectivity index (χ1n) is 10.1. The second-order valence-electron chi connectivity index (χ2n) is 7.27. The van der Waals surface area contributed by atoms with Crippen molar-refractivity contribution < 1.29 is 17.9 Å². The van der Waals surface area contributed by atoms with Gasteiger partial charge >= 0.3 is 0 Å². The lowest BCUT2D eigenvalue weighted by Crippen LogP contribution is -2.42. The highest BCUT2D eigenvalue weighted by atomic mass is 32.2. The van der Waals surface area contributed by atoms with Crippen molar-refractivity contribution in [2.24, 2.45) is 4.99 Å². The van der Waals surface area contributed by atoms with Gasteiger partial charge in [0.05, 0.1) is 25.7 Å². The number of rotatable bonds is 8. The van der Waals surface area contributed by atoms with Crippen LogP contribution in [0.15, 0.2) is 47.5 Å². The molecule has 2 aromatic rings. The van der Waals surface area contributed by atoms with Gasteiger partial charge in [-0.05, 0) is 30.2 Å². The molecule has 0 unspecified atom stereocenters. The molecule has 1 N–H and O–H groups in total. The Morgan fingerprint density at radius 2 is 1.97 bits per heavy atom. The molecule has 1 heterocycles. The largest absolute Gasteiger partial charge is 0.497 e. The lowest BCUT2D eigenvalue weighted by molar-refractivity contribution is 0.382. The minimum Gasteiger partial charge on any atom is -0.497 e. The van der Waals surface area contributed by atoms with Crippen molar-refractivity contribution in [3.8, 4) is 11.5 Å². The summed E-state index contributed by atoms with van der Waals surface area (Å²) in [6, 6.07) is 13.3. The van der Waals surface area contributed by atoms with Gasteiger partial charge in [-0.15, -0.1) is 0 Å². The van der Waals surface area contributed by atoms with Crippen LogP contribution in [0.25, 0.3) is 0 Å². The molecule has 2 aromatic carbocycles. The predicted molar refractivity (Wildman–Crippen MR) is 124 cm³/mol. The van der Waals surface area contributed by atoms with Crippen LogP contribution in [0.4, 0.5) is 5.69 Å². The number of sulfonamides is 1. The fourth-order valence-electron chi connectivity index (χ4n) is 3.70. The van der Waals surface area contributed by atoms with Gasteiger partial charge in [-0.25, -0.2) is 8.42 Å². The maximum Gasteiger partial charge on any atom is 0.236 e. The van der Waals surface area contributed by atoms with E-state index in [-0.39, 0.29) is 12.3 Å². The maximum atomic E-state index is 12.9. The molecule has 1 aliphatic heterocycles. The Bertz CT molecular complexity index is 1040. The summed E-state index contributed by atoms with van der Waals surface area (Å²) in [4.78, 5) is 6.20. The van der Waals surface area contributed by atoms with Gasteiger partial charge in [-0.2, -0.15) is 0 Å². The van der Waals surface area contributed by atoms with Gasteiger partial charge in [0.2, 0.25) is 10.0 Å². The smallest absolute Gasteiger partial charge is 0.236 e. The zero-order chi connectivity index (χ0) is 22.4. The molecule has 0 fully saturated rings. The normalized spacial score (nSPS) is 13.7. The highest BCUT2D eigenvalue weighted by Gasteiger charge is 2.28. The number of anilines is 1. The topological polar surface area (TPSA) is 83.5 Å². The van der Waals surface area contributed by atoms with Crippen molar-refractivity contribution in [3.63, 3.8) is 0 Å². The number of methoxy groups -OCH3 is 2. The van der Waals surface area contributed by atoms with Crippen LogP contribution in [-0.2, 0) is 23.0 Å². The average molecular weight is 447 g/mol. The molecule has 0 saturated carbocycles. The van der Waals surface area contributed by atoms with Crippen LogP contribution in [-0.4, -0.2) is 66.4 Å². The van der Waals surface area contributed by atoms with E-state index in [1.807, 2.05) is 54.4 Å². The fourth-order valence-corrected chi connectivity index (χ4v) is 5.12. The molecule has 3 rings (SSSR count). The van der Waals surface area contributed by atoms with E-state index in [1.54, 1.807) is 21.3 Å². The Balaban J connectivity index is 1.59. The molecule has 0 amide bonds. The Labute approximate surface area is 184 Å². The number of nitrogens with zero attached hydrogens (tertiary/aromatic N) is 3. The molecule has 1 aliphatic rings. The Kier molecular flexibility index (Phi) is 7.27. The summed E-state index contributed by atoms with van der Waals surface area (Å²) in [6.45, 7) is 1.30. The second-order valence-corrected chi connectivity index (χ2v) is 9.29. The minimum atomic E-state index is -3.42. The van der Waals surface area contributed by atoms with E-state index in [2.05, 4.69) is 10.3 Å². The highest BCUT2D eigenvalue weighted by molar-refractivity contribution is 7.92. The summed E-state index contributed by atoms with van der Waals surface area (Å²) in [5.41, 5.74) is 2.83. The zero-order valence-corrected chi connectivity index (χ0v) is 19.3. The Morgan fingerprint density at radius 1 is 1.19 bits per heavy atom. The van der Waals surface area contributed by atoms with Crippen LogP contribution >= 0.6 is 0 Å². The van der Waals surface area contributed by atoms with Crippen LogP contribution in [0.3, 0.4) is 0 Å². The number of benzene rings is 2. The number of hydrogen-bond donors (Lipinski definition) is 1. The van der Waals surface area contributed by atoms with Gasteiger partial charge in [0.15, 0.2) is 5.96 Å². The Hall–Kier alpha value is -2.94. The number of fused-ring (bicyclic) bond motifs is 1. The van der Waals surface area contributed by atoms with E-state index in [1.165, 1.54) is 4.31 Å². The van der Waals surface area contributed by atoms with Crippen molar-refractivity contribution in [2.75, 3.05) is 51.5 Å². The van der Waals surface area contributed by atoms with E-state index < -0.39 is 10.0 Å². The van der Waals surface area contributed by atoms with Crippen molar-refractivity contribution in [1.82, 2.24) is 10.2 Å². The van der Waals surface area contributed by atoms with Crippen LogP contribution in [0, 0.1) is 0 Å². The minimum absolute atomic E-state index is 0.0138. The first kappa shape index (κ1) is 22.7. The molecular weight excluding hydrogens is 416 g/mol. The molecule has 0 aliphatic carbocycles. The summed E-state index contributed by atoms with van der Waals surface area (Å²) in [7, 11) is 3.38. The summed E-state index contributed by atoms with van der Waals surface area (Å²) in [6.07, 6.45) is 0.747. The molecular formula is C22H30N4O4S. The van der Waals surface area contributed by atoms with Crippen molar-refractivity contribution >= 4 is 21.7 Å². The summed E-state index contributed by atoms with van der Waals surface area (Å²) in [5.74, 6) is 2.03. The molecule has 9 heteroatoms. The van der Waals surface area contributed by atoms with E-state index in [0.717, 1.165) is 34.7 Å². The van der Waals surface area contributed by atoms with E-state index in [9.17, 15) is 8.42 Å². The molecule has 0 bridgehead atoms. The van der Waals surface area contributed by atoms with Gasteiger partial charge in [0.1, 0.15) is 11.5 Å². The van der Waals surface area contributed by atoms with Crippen molar-refractivity contribution in [3.05, 3.63) is 53.6 Å². The van der Waals surface area contributed by atoms with Crippen LogP contribution in [0.5, 0.6) is 11.5 Å². The summed E-state index contributed by atoms with van der Waals surface area (Å²) in [5, 5.41) is 3.16. The molecule has 168 valence electrons. The van der Waals surface area contributed by atoms with Gasteiger partial charge in [0, 0.05) is 45.4 Å². The SMILES string of the molecule is CN=C(NCCS(=O)(=O)N1CCc2ccccc21)N(C)Cc1ccc(OC)cc1OC. The first-order valence-corrected chi connectivity index (χ1v) is 11.7. The number of ether oxygens (including phenoxy) is 2. The molecule has 0 atom stereocenters. The average Bonchev–Trinajstić information content (AvgIpc) is 3.22. The monoisotopic (exact) mass is 446 g/mol. The number of guanidine groups is 1. The van der Waals surface area contributed by atoms with E-state index in [0.29, 0.717) is 19.0 Å². The van der Waals surface area contributed by atoms with Crippen molar-refractivity contribution in [1.29, 1.82) is 0 Å². The second kappa shape index (κ2) is 9.91. The first-order chi connectivity index (χ1) is 14.9. The molecule has 0 aromatic heterocycles. The quantitative estimate of drug-likeness (QED) is 0.494. The lowest BCUT2D eigenvalue weighted by atomic mass is 10.2. The number of aliphatic imine (C=N–C) groups is 1. The van der Waals surface area contributed by atoms with Gasteiger partial charge in [0.25, 0.3) is 0 Å². The maximum absolute atomic E-state index is 12.9. The predicted octanol–water partition coefficient (Wildman–Crippen LogP) is 2.10. The number of nitrogens with one attached hydrogen (secondary N) is 1.